The van der Waals surface area contributed by atoms with Gasteiger partial charge in [-0.2, -0.15) is 0 Å². The monoisotopic (exact) mass is 310 g/mol. The van der Waals surface area contributed by atoms with Crippen molar-refractivity contribution in [1.29, 1.82) is 0 Å². The molecule has 20 heavy (non-hydrogen) atoms. The first kappa shape index (κ1) is 15.3. The van der Waals surface area contributed by atoms with Crippen LogP contribution < -0.4 is 0 Å². The molecular weight excluding hydrogens is 295 g/mol. The van der Waals surface area contributed by atoms with Crippen molar-refractivity contribution in [2.75, 3.05) is 14.2 Å². The molecule has 0 aliphatic rings. The first-order valence-corrected chi connectivity index (χ1v) is 6.99. The smallest absolute Gasteiger partial charge is 0.114 e. The van der Waals surface area contributed by atoms with Crippen molar-refractivity contribution in [1.82, 2.24) is 0 Å². The minimum Gasteiger partial charge on any atom is -0.374 e. The normalized spacial score (nSPS) is 14.0. The Bertz CT molecular complexity index is 520. The van der Waals surface area contributed by atoms with Crippen molar-refractivity contribution < 1.29 is 9.47 Å². The van der Waals surface area contributed by atoms with Crippen LogP contribution in [0, 0.1) is 0 Å². The summed E-state index contributed by atoms with van der Waals surface area (Å²) >= 11 is 12.5. The highest BCUT2D eigenvalue weighted by Crippen LogP contribution is 2.39. The van der Waals surface area contributed by atoms with E-state index in [-0.39, 0.29) is 12.2 Å². The van der Waals surface area contributed by atoms with Gasteiger partial charge in [0.2, 0.25) is 0 Å². The van der Waals surface area contributed by atoms with Crippen LogP contribution in [-0.4, -0.2) is 14.2 Å². The average Bonchev–Trinajstić information content (AvgIpc) is 2.47. The molecule has 2 aromatic carbocycles. The van der Waals surface area contributed by atoms with Gasteiger partial charge >= 0.3 is 0 Å². The van der Waals surface area contributed by atoms with E-state index in [1.165, 1.54) is 0 Å². The lowest BCUT2D eigenvalue weighted by Gasteiger charge is -2.27. The molecule has 0 saturated heterocycles. The SMILES string of the molecule is CO[C@H](c1ccccc1Cl)[C@H](OC)c1ccccc1Cl. The third-order valence-corrected chi connectivity index (χ3v) is 3.89. The zero-order chi connectivity index (χ0) is 14.5. The van der Waals surface area contributed by atoms with E-state index in [4.69, 9.17) is 32.7 Å². The number of benzene rings is 2. The van der Waals surface area contributed by atoms with Gasteiger partial charge in [0.05, 0.1) is 0 Å². The lowest BCUT2D eigenvalue weighted by atomic mass is 9.98. The Labute approximate surface area is 129 Å². The summed E-state index contributed by atoms with van der Waals surface area (Å²) in [5.74, 6) is 0. The zero-order valence-corrected chi connectivity index (χ0v) is 12.9. The van der Waals surface area contributed by atoms with Crippen LogP contribution in [-0.2, 0) is 9.47 Å². The molecule has 2 nitrogen and oxygen atoms in total. The van der Waals surface area contributed by atoms with E-state index in [2.05, 4.69) is 0 Å². The molecule has 2 atom stereocenters. The molecule has 2 rings (SSSR count). The van der Waals surface area contributed by atoms with E-state index in [0.717, 1.165) is 11.1 Å². The molecule has 106 valence electrons. The van der Waals surface area contributed by atoms with Gasteiger partial charge in [0.15, 0.2) is 0 Å². The fourth-order valence-corrected chi connectivity index (χ4v) is 2.73. The quantitative estimate of drug-likeness (QED) is 0.767. The molecule has 0 radical (unpaired) electrons. The van der Waals surface area contributed by atoms with Gasteiger partial charge in [-0.15, -0.1) is 0 Å². The van der Waals surface area contributed by atoms with Crippen molar-refractivity contribution in [2.24, 2.45) is 0 Å². The molecule has 0 aliphatic carbocycles. The Kier molecular flexibility index (Phi) is 5.44. The molecule has 0 unspecified atom stereocenters. The minimum absolute atomic E-state index is 0.325. The molecule has 0 aromatic heterocycles. The van der Waals surface area contributed by atoms with E-state index < -0.39 is 0 Å². The predicted molar refractivity (Wildman–Crippen MR) is 82.4 cm³/mol. The molecule has 0 bridgehead atoms. The Balaban J connectivity index is 2.44. The maximum Gasteiger partial charge on any atom is 0.114 e. The molecule has 0 saturated carbocycles. The van der Waals surface area contributed by atoms with Gasteiger partial charge in [0.1, 0.15) is 12.2 Å². The van der Waals surface area contributed by atoms with E-state index in [9.17, 15) is 0 Å². The second kappa shape index (κ2) is 7.09. The van der Waals surface area contributed by atoms with Crippen LogP contribution in [0.3, 0.4) is 0 Å². The van der Waals surface area contributed by atoms with Gasteiger partial charge in [0.25, 0.3) is 0 Å². The minimum atomic E-state index is -0.325. The van der Waals surface area contributed by atoms with E-state index in [1.54, 1.807) is 14.2 Å². The molecule has 0 spiro atoms. The molecular formula is C16H16Cl2O2. The number of methoxy groups -OCH3 is 2. The average molecular weight is 311 g/mol. The maximum absolute atomic E-state index is 6.26. The van der Waals surface area contributed by atoms with Gasteiger partial charge in [0, 0.05) is 35.4 Å². The summed E-state index contributed by atoms with van der Waals surface area (Å²) < 4.78 is 11.2. The maximum atomic E-state index is 6.26. The molecule has 0 heterocycles. The number of ether oxygens (including phenoxy) is 2. The fraction of sp³-hybridized carbons (Fsp3) is 0.250. The highest BCUT2D eigenvalue weighted by molar-refractivity contribution is 6.31. The van der Waals surface area contributed by atoms with Crippen molar-refractivity contribution in [3.05, 3.63) is 69.7 Å². The van der Waals surface area contributed by atoms with Gasteiger partial charge in [-0.05, 0) is 12.1 Å². The summed E-state index contributed by atoms with van der Waals surface area (Å²) in [6.07, 6.45) is -0.651. The Morgan fingerprint density at radius 3 is 1.35 bits per heavy atom. The third-order valence-electron chi connectivity index (χ3n) is 3.21. The lowest BCUT2D eigenvalue weighted by Crippen LogP contribution is -2.16. The van der Waals surface area contributed by atoms with Crippen LogP contribution >= 0.6 is 23.2 Å². The van der Waals surface area contributed by atoms with Crippen LogP contribution in [0.4, 0.5) is 0 Å². The predicted octanol–water partition coefficient (Wildman–Crippen LogP) is 5.07. The largest absolute Gasteiger partial charge is 0.374 e. The highest BCUT2D eigenvalue weighted by atomic mass is 35.5. The fourth-order valence-electron chi connectivity index (χ4n) is 2.24. The van der Waals surface area contributed by atoms with Crippen LogP contribution in [0.15, 0.2) is 48.5 Å². The van der Waals surface area contributed by atoms with Crippen LogP contribution in [0.25, 0.3) is 0 Å². The van der Waals surface area contributed by atoms with E-state index in [0.29, 0.717) is 10.0 Å². The van der Waals surface area contributed by atoms with E-state index >= 15 is 0 Å². The van der Waals surface area contributed by atoms with Crippen LogP contribution in [0.5, 0.6) is 0 Å². The number of halogens is 2. The molecule has 0 aliphatic heterocycles. The number of hydrogen-bond acceptors (Lipinski definition) is 2. The Hall–Kier alpha value is -1.06. The summed E-state index contributed by atoms with van der Waals surface area (Å²) in [7, 11) is 3.27. The zero-order valence-electron chi connectivity index (χ0n) is 11.3. The van der Waals surface area contributed by atoms with Gasteiger partial charge in [-0.3, -0.25) is 0 Å². The second-order valence-electron chi connectivity index (χ2n) is 4.36. The Morgan fingerprint density at radius 1 is 0.700 bits per heavy atom. The standard InChI is InChI=1S/C16H16Cl2O2/c1-19-15(11-7-3-5-9-13(11)17)16(20-2)12-8-4-6-10-14(12)18/h3-10,15-16H,1-2H3/t15-,16-/m1/s1. The molecule has 0 N–H and O–H groups in total. The summed E-state index contributed by atoms with van der Waals surface area (Å²) in [5.41, 5.74) is 1.76. The molecule has 2 aromatic rings. The molecule has 4 heteroatoms. The van der Waals surface area contributed by atoms with Gasteiger partial charge < -0.3 is 9.47 Å². The molecule has 0 amide bonds. The van der Waals surface area contributed by atoms with Crippen molar-refractivity contribution in [3.8, 4) is 0 Å². The summed E-state index contributed by atoms with van der Waals surface area (Å²) in [6, 6.07) is 15.1. The summed E-state index contributed by atoms with van der Waals surface area (Å²) in [6.45, 7) is 0. The first-order chi connectivity index (χ1) is 9.69. The second-order valence-corrected chi connectivity index (χ2v) is 5.17. The first-order valence-electron chi connectivity index (χ1n) is 6.23. The van der Waals surface area contributed by atoms with Crippen LogP contribution in [0.2, 0.25) is 10.0 Å². The van der Waals surface area contributed by atoms with Gasteiger partial charge in [-0.1, -0.05) is 59.6 Å². The lowest BCUT2D eigenvalue weighted by molar-refractivity contribution is -0.0396. The summed E-state index contributed by atoms with van der Waals surface area (Å²) in [4.78, 5) is 0. The number of hydrogen-bond donors (Lipinski definition) is 0. The van der Waals surface area contributed by atoms with Gasteiger partial charge in [-0.25, -0.2) is 0 Å². The Morgan fingerprint density at radius 2 is 1.05 bits per heavy atom. The topological polar surface area (TPSA) is 18.5 Å². The molecule has 0 fully saturated rings. The third kappa shape index (κ3) is 3.15. The summed E-state index contributed by atoms with van der Waals surface area (Å²) in [5, 5.41) is 1.29. The van der Waals surface area contributed by atoms with E-state index in [1.807, 2.05) is 48.5 Å². The number of rotatable bonds is 5. The van der Waals surface area contributed by atoms with Crippen molar-refractivity contribution in [3.63, 3.8) is 0 Å². The van der Waals surface area contributed by atoms with Crippen LogP contribution in [0.1, 0.15) is 23.3 Å². The van der Waals surface area contributed by atoms with Crippen molar-refractivity contribution >= 4 is 23.2 Å². The highest BCUT2D eigenvalue weighted by Gasteiger charge is 2.27. The van der Waals surface area contributed by atoms with Crippen molar-refractivity contribution in [2.45, 2.75) is 12.2 Å².